The number of ketones is 1. The zero-order valence-corrected chi connectivity index (χ0v) is 13.2. The number of hydrogen-bond donors (Lipinski definition) is 1. The molecular formula is C13H11ClN4O3S. The van der Waals surface area contributed by atoms with E-state index in [9.17, 15) is 14.9 Å². The number of hydrazone groups is 1. The fraction of sp³-hybridized carbons (Fsp3) is 0.154. The maximum Gasteiger partial charge on any atom is 0.288 e. The number of thiazole rings is 1. The lowest BCUT2D eigenvalue weighted by molar-refractivity contribution is -0.384. The van der Waals surface area contributed by atoms with Crippen LogP contribution in [0.1, 0.15) is 27.9 Å². The molecule has 0 unspecified atom stereocenters. The Labute approximate surface area is 134 Å². The van der Waals surface area contributed by atoms with Gasteiger partial charge in [-0.05, 0) is 13.0 Å². The standard InChI is InChI=1S/C13H11ClN4O3S/c1-7-12(8(2)19)22-13(16-7)17-15-6-9-3-4-10(14)11(5-9)18(20)21/h3-6H,1-2H3,(H,16,17)/b15-6+. The lowest BCUT2D eigenvalue weighted by atomic mass is 10.2. The number of hydrogen-bond acceptors (Lipinski definition) is 7. The molecule has 0 aliphatic rings. The number of nitro groups is 1. The van der Waals surface area contributed by atoms with Gasteiger partial charge in [-0.3, -0.25) is 20.3 Å². The average Bonchev–Trinajstić information content (AvgIpc) is 2.81. The molecule has 0 aliphatic carbocycles. The summed E-state index contributed by atoms with van der Waals surface area (Å²) >= 11 is 6.93. The molecule has 0 saturated heterocycles. The molecule has 0 fully saturated rings. The third-order valence-electron chi connectivity index (χ3n) is 2.66. The van der Waals surface area contributed by atoms with Gasteiger partial charge in [0.2, 0.25) is 5.13 Å². The highest BCUT2D eigenvalue weighted by molar-refractivity contribution is 7.17. The van der Waals surface area contributed by atoms with E-state index in [-0.39, 0.29) is 16.5 Å². The summed E-state index contributed by atoms with van der Waals surface area (Å²) < 4.78 is 0. The Morgan fingerprint density at radius 2 is 2.27 bits per heavy atom. The Balaban J connectivity index is 2.13. The number of nitrogens with one attached hydrogen (secondary N) is 1. The van der Waals surface area contributed by atoms with Gasteiger partial charge in [0.1, 0.15) is 5.02 Å². The molecule has 22 heavy (non-hydrogen) atoms. The third-order valence-corrected chi connectivity index (χ3v) is 4.14. The molecule has 0 aliphatic heterocycles. The number of nitrogens with zero attached hydrogens (tertiary/aromatic N) is 3. The summed E-state index contributed by atoms with van der Waals surface area (Å²) in [6.07, 6.45) is 1.41. The van der Waals surface area contributed by atoms with E-state index in [0.29, 0.717) is 21.3 Å². The van der Waals surface area contributed by atoms with Gasteiger partial charge in [-0.25, -0.2) is 4.98 Å². The quantitative estimate of drug-likeness (QED) is 0.388. The second kappa shape index (κ2) is 6.63. The molecule has 0 saturated carbocycles. The van der Waals surface area contributed by atoms with Gasteiger partial charge in [0.05, 0.1) is 21.7 Å². The minimum atomic E-state index is -0.559. The number of carbonyl (C=O) groups is 1. The second-order valence-corrected chi connectivity index (χ2v) is 5.73. The third kappa shape index (κ3) is 3.66. The van der Waals surface area contributed by atoms with E-state index < -0.39 is 4.92 Å². The zero-order chi connectivity index (χ0) is 16.3. The molecule has 0 atom stereocenters. The summed E-state index contributed by atoms with van der Waals surface area (Å²) in [5.74, 6) is -0.0552. The minimum Gasteiger partial charge on any atom is -0.294 e. The highest BCUT2D eigenvalue weighted by atomic mass is 35.5. The minimum absolute atomic E-state index is 0.0552. The summed E-state index contributed by atoms with van der Waals surface area (Å²) in [5, 5.41) is 15.3. The van der Waals surface area contributed by atoms with E-state index in [0.717, 1.165) is 0 Å². The summed E-state index contributed by atoms with van der Waals surface area (Å²) in [6, 6.07) is 4.36. The van der Waals surface area contributed by atoms with E-state index in [1.165, 1.54) is 36.6 Å². The Hall–Kier alpha value is -2.32. The van der Waals surface area contributed by atoms with Gasteiger partial charge in [0.25, 0.3) is 5.69 Å². The molecule has 9 heteroatoms. The van der Waals surface area contributed by atoms with Gasteiger partial charge < -0.3 is 0 Å². The Kier molecular flexibility index (Phi) is 4.84. The van der Waals surface area contributed by atoms with Crippen LogP contribution in [0.5, 0.6) is 0 Å². The average molecular weight is 339 g/mol. The van der Waals surface area contributed by atoms with Crippen molar-refractivity contribution >= 4 is 45.8 Å². The molecular weight excluding hydrogens is 328 g/mol. The van der Waals surface area contributed by atoms with Crippen LogP contribution in [0, 0.1) is 17.0 Å². The highest BCUT2D eigenvalue weighted by Gasteiger charge is 2.12. The normalized spacial score (nSPS) is 10.9. The summed E-state index contributed by atoms with van der Waals surface area (Å²) in [6.45, 7) is 3.21. The number of aryl methyl sites for hydroxylation is 1. The van der Waals surface area contributed by atoms with E-state index in [4.69, 9.17) is 11.6 Å². The lowest BCUT2D eigenvalue weighted by Crippen LogP contribution is -1.93. The summed E-state index contributed by atoms with van der Waals surface area (Å²) in [4.78, 5) is 26.3. The smallest absolute Gasteiger partial charge is 0.288 e. The number of aromatic nitrogens is 1. The van der Waals surface area contributed by atoms with Gasteiger partial charge in [0, 0.05) is 18.6 Å². The van der Waals surface area contributed by atoms with E-state index in [1.54, 1.807) is 13.0 Å². The van der Waals surface area contributed by atoms with Crippen LogP contribution in [0.4, 0.5) is 10.8 Å². The first kappa shape index (κ1) is 16.1. The largest absolute Gasteiger partial charge is 0.294 e. The van der Waals surface area contributed by atoms with Crippen LogP contribution in [0.3, 0.4) is 0 Å². The Bertz CT molecular complexity index is 773. The molecule has 1 aromatic carbocycles. The number of halogens is 1. The monoisotopic (exact) mass is 338 g/mol. The van der Waals surface area contributed by atoms with Crippen molar-refractivity contribution in [1.29, 1.82) is 0 Å². The van der Waals surface area contributed by atoms with Crippen molar-refractivity contribution < 1.29 is 9.72 Å². The lowest BCUT2D eigenvalue weighted by Gasteiger charge is -1.97. The number of benzene rings is 1. The van der Waals surface area contributed by atoms with Crippen molar-refractivity contribution in [2.24, 2.45) is 5.10 Å². The van der Waals surface area contributed by atoms with Crippen LogP contribution >= 0.6 is 22.9 Å². The van der Waals surface area contributed by atoms with Gasteiger partial charge in [-0.2, -0.15) is 5.10 Å². The molecule has 1 heterocycles. The highest BCUT2D eigenvalue weighted by Crippen LogP contribution is 2.25. The first-order valence-corrected chi connectivity index (χ1v) is 7.29. The molecule has 0 radical (unpaired) electrons. The fourth-order valence-electron chi connectivity index (χ4n) is 1.68. The van der Waals surface area contributed by atoms with Crippen LogP contribution in [-0.2, 0) is 0 Å². The van der Waals surface area contributed by atoms with Crippen molar-refractivity contribution in [3.63, 3.8) is 0 Å². The first-order valence-electron chi connectivity index (χ1n) is 6.10. The number of anilines is 1. The topological polar surface area (TPSA) is 97.5 Å². The summed E-state index contributed by atoms with van der Waals surface area (Å²) in [7, 11) is 0. The zero-order valence-electron chi connectivity index (χ0n) is 11.7. The number of carbonyl (C=O) groups excluding carboxylic acids is 1. The Morgan fingerprint density at radius 3 is 2.86 bits per heavy atom. The van der Waals surface area contributed by atoms with Crippen LogP contribution in [-0.4, -0.2) is 21.9 Å². The van der Waals surface area contributed by atoms with Crippen LogP contribution < -0.4 is 5.43 Å². The Morgan fingerprint density at radius 1 is 1.55 bits per heavy atom. The molecule has 0 spiro atoms. The fourth-order valence-corrected chi connectivity index (χ4v) is 2.68. The van der Waals surface area contributed by atoms with Crippen LogP contribution in [0.25, 0.3) is 0 Å². The molecule has 1 N–H and O–H groups in total. The molecule has 1 aromatic heterocycles. The molecule has 114 valence electrons. The van der Waals surface area contributed by atoms with Gasteiger partial charge in [-0.1, -0.05) is 29.0 Å². The van der Waals surface area contributed by atoms with Crippen molar-refractivity contribution in [3.8, 4) is 0 Å². The van der Waals surface area contributed by atoms with E-state index >= 15 is 0 Å². The first-order chi connectivity index (χ1) is 10.4. The SMILES string of the molecule is CC(=O)c1sc(N/N=C/c2ccc(Cl)c([N+](=O)[O-])c2)nc1C. The van der Waals surface area contributed by atoms with Crippen LogP contribution in [0.15, 0.2) is 23.3 Å². The van der Waals surface area contributed by atoms with Crippen molar-refractivity contribution in [2.45, 2.75) is 13.8 Å². The maximum atomic E-state index is 11.3. The van der Waals surface area contributed by atoms with Crippen LogP contribution in [0.2, 0.25) is 5.02 Å². The number of nitro benzene ring substituents is 1. The summed E-state index contributed by atoms with van der Waals surface area (Å²) in [5.41, 5.74) is 3.66. The van der Waals surface area contributed by atoms with Crippen molar-refractivity contribution in [1.82, 2.24) is 4.98 Å². The molecule has 0 bridgehead atoms. The molecule has 2 aromatic rings. The second-order valence-electron chi connectivity index (χ2n) is 4.33. The predicted molar refractivity (Wildman–Crippen MR) is 86.2 cm³/mol. The van der Waals surface area contributed by atoms with Crippen molar-refractivity contribution in [2.75, 3.05) is 5.43 Å². The molecule has 7 nitrogen and oxygen atoms in total. The van der Waals surface area contributed by atoms with Gasteiger partial charge >= 0.3 is 0 Å². The number of Topliss-reactive ketones (excluding diaryl/α,β-unsaturated/α-hetero) is 1. The predicted octanol–water partition coefficient (Wildman–Crippen LogP) is 3.66. The van der Waals surface area contributed by atoms with E-state index in [2.05, 4.69) is 15.5 Å². The van der Waals surface area contributed by atoms with Gasteiger partial charge in [-0.15, -0.1) is 0 Å². The van der Waals surface area contributed by atoms with Crippen molar-refractivity contribution in [3.05, 3.63) is 49.5 Å². The van der Waals surface area contributed by atoms with Gasteiger partial charge in [0.15, 0.2) is 5.78 Å². The maximum absolute atomic E-state index is 11.3. The molecule has 0 amide bonds. The molecule has 2 rings (SSSR count). The number of rotatable bonds is 5. The van der Waals surface area contributed by atoms with E-state index in [1.807, 2.05) is 0 Å².